The second-order valence-corrected chi connectivity index (χ2v) is 9.64. The summed E-state index contributed by atoms with van der Waals surface area (Å²) in [6, 6.07) is 1.54. The monoisotopic (exact) mass is 293 g/mol. The van der Waals surface area contributed by atoms with E-state index in [4.69, 9.17) is 0 Å². The minimum absolute atomic E-state index is 0.509. The fourth-order valence-electron chi connectivity index (χ4n) is 5.54. The van der Waals surface area contributed by atoms with Gasteiger partial charge in [0.1, 0.15) is 0 Å². The van der Waals surface area contributed by atoms with E-state index in [1.807, 2.05) is 0 Å². The van der Waals surface area contributed by atoms with Gasteiger partial charge >= 0.3 is 0 Å². The summed E-state index contributed by atoms with van der Waals surface area (Å²) >= 11 is 0. The Morgan fingerprint density at radius 3 is 2.14 bits per heavy atom. The fourth-order valence-corrected chi connectivity index (χ4v) is 5.54. The smallest absolute Gasteiger partial charge is 0.00798 e. The van der Waals surface area contributed by atoms with Crippen LogP contribution in [0.2, 0.25) is 0 Å². The van der Waals surface area contributed by atoms with Gasteiger partial charge in [-0.1, -0.05) is 60.3 Å². The van der Waals surface area contributed by atoms with Crippen molar-refractivity contribution in [1.29, 1.82) is 0 Å². The molecule has 2 aliphatic carbocycles. The molecule has 1 heteroatoms. The molecule has 0 amide bonds. The van der Waals surface area contributed by atoms with Crippen LogP contribution in [0.1, 0.15) is 98.8 Å². The lowest BCUT2D eigenvalue weighted by atomic mass is 9.63. The standard InChI is InChI=1S/C20H39N/c1-6-8-16-9-7-10-17(12-11-16)21-18-13-19(2,3)15-20(4,5)14-18/h16-18,21H,6-15H2,1-5H3. The van der Waals surface area contributed by atoms with Crippen molar-refractivity contribution in [2.45, 2.75) is 111 Å². The predicted octanol–water partition coefficient (Wildman–Crippen LogP) is 5.93. The highest BCUT2D eigenvalue weighted by molar-refractivity contribution is 4.93. The van der Waals surface area contributed by atoms with E-state index >= 15 is 0 Å². The Hall–Kier alpha value is -0.0400. The molecule has 0 aromatic carbocycles. The third-order valence-corrected chi connectivity index (χ3v) is 5.81. The maximum atomic E-state index is 4.07. The number of hydrogen-bond acceptors (Lipinski definition) is 1. The van der Waals surface area contributed by atoms with Gasteiger partial charge in [-0.15, -0.1) is 0 Å². The van der Waals surface area contributed by atoms with Crippen LogP contribution in [-0.2, 0) is 0 Å². The van der Waals surface area contributed by atoms with Crippen LogP contribution in [0.15, 0.2) is 0 Å². The Balaban J connectivity index is 1.86. The maximum Gasteiger partial charge on any atom is 0.00798 e. The molecule has 0 spiro atoms. The SMILES string of the molecule is CCCC1CCCC(NC2CC(C)(C)CC(C)(C)C2)CC1. The quantitative estimate of drug-likeness (QED) is 0.633. The minimum atomic E-state index is 0.509. The van der Waals surface area contributed by atoms with Gasteiger partial charge in [0.05, 0.1) is 0 Å². The third-order valence-electron chi connectivity index (χ3n) is 5.81. The molecule has 0 aromatic heterocycles. The van der Waals surface area contributed by atoms with Crippen molar-refractivity contribution in [2.24, 2.45) is 16.7 Å². The molecule has 2 atom stereocenters. The van der Waals surface area contributed by atoms with Crippen molar-refractivity contribution in [2.75, 3.05) is 0 Å². The second-order valence-electron chi connectivity index (χ2n) is 9.64. The van der Waals surface area contributed by atoms with E-state index in [9.17, 15) is 0 Å². The first kappa shape index (κ1) is 17.3. The molecule has 2 fully saturated rings. The topological polar surface area (TPSA) is 12.0 Å². The zero-order valence-corrected chi connectivity index (χ0v) is 15.3. The first-order valence-corrected chi connectivity index (χ1v) is 9.56. The van der Waals surface area contributed by atoms with Gasteiger partial charge < -0.3 is 5.32 Å². The molecule has 0 radical (unpaired) electrons. The van der Waals surface area contributed by atoms with Gasteiger partial charge in [0.2, 0.25) is 0 Å². The van der Waals surface area contributed by atoms with E-state index in [1.165, 1.54) is 64.2 Å². The van der Waals surface area contributed by atoms with Crippen molar-refractivity contribution in [3.63, 3.8) is 0 Å². The van der Waals surface area contributed by atoms with Crippen molar-refractivity contribution in [3.05, 3.63) is 0 Å². The fraction of sp³-hybridized carbons (Fsp3) is 1.00. The third kappa shape index (κ3) is 5.58. The predicted molar refractivity (Wildman–Crippen MR) is 93.6 cm³/mol. The summed E-state index contributed by atoms with van der Waals surface area (Å²) in [5.41, 5.74) is 1.02. The molecule has 21 heavy (non-hydrogen) atoms. The highest BCUT2D eigenvalue weighted by atomic mass is 15.0. The number of rotatable bonds is 4. The van der Waals surface area contributed by atoms with Crippen LogP contribution in [0, 0.1) is 16.7 Å². The molecule has 0 aromatic rings. The molecule has 2 unspecified atom stereocenters. The van der Waals surface area contributed by atoms with Crippen LogP contribution >= 0.6 is 0 Å². The summed E-state index contributed by atoms with van der Waals surface area (Å²) in [6.07, 6.45) is 14.2. The van der Waals surface area contributed by atoms with Gasteiger partial charge in [0.25, 0.3) is 0 Å². The van der Waals surface area contributed by atoms with Crippen LogP contribution in [0.3, 0.4) is 0 Å². The van der Waals surface area contributed by atoms with E-state index in [1.54, 1.807) is 0 Å². The average molecular weight is 294 g/mol. The minimum Gasteiger partial charge on any atom is -0.311 e. The van der Waals surface area contributed by atoms with Gasteiger partial charge in [0.15, 0.2) is 0 Å². The molecular weight excluding hydrogens is 254 g/mol. The summed E-state index contributed by atoms with van der Waals surface area (Å²) < 4.78 is 0. The van der Waals surface area contributed by atoms with E-state index in [0.717, 1.165) is 18.0 Å². The molecule has 0 saturated heterocycles. The van der Waals surface area contributed by atoms with E-state index in [-0.39, 0.29) is 0 Å². The Kier molecular flexibility index (Phi) is 5.79. The van der Waals surface area contributed by atoms with Crippen LogP contribution in [0.5, 0.6) is 0 Å². The molecule has 0 heterocycles. The van der Waals surface area contributed by atoms with Crippen molar-refractivity contribution in [1.82, 2.24) is 5.32 Å². The maximum absolute atomic E-state index is 4.07. The van der Waals surface area contributed by atoms with Gasteiger partial charge in [-0.3, -0.25) is 0 Å². The summed E-state index contributed by atoms with van der Waals surface area (Å²) in [5, 5.41) is 4.07. The van der Waals surface area contributed by atoms with Gasteiger partial charge in [-0.05, 0) is 55.3 Å². The molecule has 124 valence electrons. The molecule has 2 rings (SSSR count). The van der Waals surface area contributed by atoms with Gasteiger partial charge in [-0.25, -0.2) is 0 Å². The highest BCUT2D eigenvalue weighted by Crippen LogP contribution is 2.46. The van der Waals surface area contributed by atoms with E-state index in [2.05, 4.69) is 39.9 Å². The molecule has 0 bridgehead atoms. The van der Waals surface area contributed by atoms with E-state index in [0.29, 0.717) is 10.8 Å². The normalized spacial score (nSPS) is 33.6. The Bertz CT molecular complexity index is 302. The summed E-state index contributed by atoms with van der Waals surface area (Å²) in [7, 11) is 0. The van der Waals surface area contributed by atoms with Crippen LogP contribution < -0.4 is 5.32 Å². The molecule has 1 N–H and O–H groups in total. The van der Waals surface area contributed by atoms with Gasteiger partial charge in [0, 0.05) is 12.1 Å². The molecule has 2 aliphatic rings. The second kappa shape index (κ2) is 7.02. The largest absolute Gasteiger partial charge is 0.311 e. The molecular formula is C20H39N. The Labute approximate surface area is 133 Å². The Morgan fingerprint density at radius 2 is 1.52 bits per heavy atom. The molecule has 0 aliphatic heterocycles. The number of hydrogen-bond donors (Lipinski definition) is 1. The van der Waals surface area contributed by atoms with Crippen LogP contribution in [0.25, 0.3) is 0 Å². The first-order chi connectivity index (χ1) is 9.80. The zero-order valence-electron chi connectivity index (χ0n) is 15.3. The highest BCUT2D eigenvalue weighted by Gasteiger charge is 2.38. The lowest BCUT2D eigenvalue weighted by Gasteiger charge is -2.46. The lowest BCUT2D eigenvalue weighted by molar-refractivity contribution is 0.0791. The summed E-state index contributed by atoms with van der Waals surface area (Å²) in [5.74, 6) is 1.01. The van der Waals surface area contributed by atoms with Crippen molar-refractivity contribution >= 4 is 0 Å². The summed E-state index contributed by atoms with van der Waals surface area (Å²) in [4.78, 5) is 0. The number of nitrogens with one attached hydrogen (secondary N) is 1. The molecule has 2 saturated carbocycles. The molecule has 1 nitrogen and oxygen atoms in total. The van der Waals surface area contributed by atoms with Crippen LogP contribution in [0.4, 0.5) is 0 Å². The van der Waals surface area contributed by atoms with Crippen molar-refractivity contribution in [3.8, 4) is 0 Å². The van der Waals surface area contributed by atoms with Gasteiger partial charge in [-0.2, -0.15) is 0 Å². The van der Waals surface area contributed by atoms with Crippen molar-refractivity contribution < 1.29 is 0 Å². The first-order valence-electron chi connectivity index (χ1n) is 9.56. The van der Waals surface area contributed by atoms with Crippen LogP contribution in [-0.4, -0.2) is 12.1 Å². The lowest BCUT2D eigenvalue weighted by Crippen LogP contribution is -2.47. The summed E-state index contributed by atoms with van der Waals surface area (Å²) in [6.45, 7) is 12.2. The van der Waals surface area contributed by atoms with E-state index < -0.39 is 0 Å². The zero-order chi connectivity index (χ0) is 15.5. The Morgan fingerprint density at radius 1 is 0.857 bits per heavy atom. The average Bonchev–Trinajstić information content (AvgIpc) is 2.51.